The fourth-order valence-electron chi connectivity index (χ4n) is 4.33. The van der Waals surface area contributed by atoms with Crippen LogP contribution in [-0.4, -0.2) is 59.6 Å². The van der Waals surface area contributed by atoms with E-state index in [1.54, 1.807) is 6.92 Å². The molecule has 1 fully saturated rings. The summed E-state index contributed by atoms with van der Waals surface area (Å²) < 4.78 is 5.26. The van der Waals surface area contributed by atoms with Gasteiger partial charge in [-0.25, -0.2) is 0 Å². The predicted molar refractivity (Wildman–Crippen MR) is 125 cm³/mol. The summed E-state index contributed by atoms with van der Waals surface area (Å²) in [5, 5.41) is 12.6. The molecule has 0 saturated carbocycles. The molecule has 2 N–H and O–H groups in total. The number of hydrogen-bond donors (Lipinski definition) is 2. The van der Waals surface area contributed by atoms with Crippen molar-refractivity contribution in [2.75, 3.05) is 19.7 Å². The number of likely N-dealkylation sites (tertiary alicyclic amines) is 1. The van der Waals surface area contributed by atoms with Gasteiger partial charge in [0.15, 0.2) is 0 Å². The Morgan fingerprint density at radius 1 is 1.09 bits per heavy atom. The second kappa shape index (κ2) is 12.2. The summed E-state index contributed by atoms with van der Waals surface area (Å²) in [4.78, 5) is 38.8. The molecule has 1 saturated heterocycles. The first-order valence-corrected chi connectivity index (χ1v) is 11.5. The summed E-state index contributed by atoms with van der Waals surface area (Å²) in [6.07, 6.45) is 2.35. The maximum absolute atomic E-state index is 13.3. The van der Waals surface area contributed by atoms with E-state index in [0.717, 1.165) is 11.1 Å². The molecule has 176 valence electrons. The van der Waals surface area contributed by atoms with Crippen LogP contribution in [0.25, 0.3) is 0 Å². The lowest BCUT2D eigenvalue weighted by Crippen LogP contribution is -2.52. The van der Waals surface area contributed by atoms with Crippen LogP contribution in [0, 0.1) is 0 Å². The molecular weight excluding hydrogens is 420 g/mol. The zero-order valence-electron chi connectivity index (χ0n) is 19.0. The van der Waals surface area contributed by atoms with E-state index in [0.29, 0.717) is 32.2 Å². The van der Waals surface area contributed by atoms with Crippen molar-refractivity contribution in [3.8, 4) is 0 Å². The number of ether oxygens (including phenoxy) is 1. The number of amides is 1. The van der Waals surface area contributed by atoms with Gasteiger partial charge in [0.25, 0.3) is 0 Å². The Bertz CT molecular complexity index is 919. The quantitative estimate of drug-likeness (QED) is 0.538. The minimum atomic E-state index is -1.05. The van der Waals surface area contributed by atoms with E-state index >= 15 is 0 Å². The van der Waals surface area contributed by atoms with Gasteiger partial charge in [0.2, 0.25) is 5.91 Å². The predicted octanol–water partition coefficient (Wildman–Crippen LogP) is 3.00. The van der Waals surface area contributed by atoms with Gasteiger partial charge in [-0.1, -0.05) is 60.7 Å². The molecule has 0 aromatic heterocycles. The van der Waals surface area contributed by atoms with E-state index in [1.807, 2.05) is 60.7 Å². The van der Waals surface area contributed by atoms with E-state index in [9.17, 15) is 19.5 Å². The second-order valence-electron chi connectivity index (χ2n) is 8.35. The van der Waals surface area contributed by atoms with Crippen LogP contribution >= 0.6 is 0 Å². The van der Waals surface area contributed by atoms with Gasteiger partial charge >= 0.3 is 11.9 Å². The molecule has 7 nitrogen and oxygen atoms in total. The molecule has 0 aliphatic carbocycles. The number of rotatable bonds is 10. The van der Waals surface area contributed by atoms with Gasteiger partial charge in [-0.2, -0.15) is 0 Å². The van der Waals surface area contributed by atoms with Crippen molar-refractivity contribution in [1.29, 1.82) is 0 Å². The van der Waals surface area contributed by atoms with Crippen LogP contribution in [0.2, 0.25) is 0 Å². The van der Waals surface area contributed by atoms with E-state index in [2.05, 4.69) is 5.32 Å². The van der Waals surface area contributed by atoms with Crippen LogP contribution in [0.3, 0.4) is 0 Å². The van der Waals surface area contributed by atoms with E-state index in [4.69, 9.17) is 4.74 Å². The zero-order chi connectivity index (χ0) is 23.6. The minimum Gasteiger partial charge on any atom is -0.480 e. The summed E-state index contributed by atoms with van der Waals surface area (Å²) in [5.74, 6) is -1.70. The molecular formula is C26H32N2O5. The molecule has 7 heteroatoms. The third kappa shape index (κ3) is 7.15. The first kappa shape index (κ1) is 24.5. The van der Waals surface area contributed by atoms with Crippen LogP contribution in [-0.2, 0) is 25.5 Å². The number of hydrogen-bond acceptors (Lipinski definition) is 5. The number of aliphatic carboxylic acids is 1. The average molecular weight is 453 g/mol. The zero-order valence-corrected chi connectivity index (χ0v) is 19.0. The van der Waals surface area contributed by atoms with Gasteiger partial charge in [-0.15, -0.1) is 0 Å². The van der Waals surface area contributed by atoms with Crippen molar-refractivity contribution in [1.82, 2.24) is 10.2 Å². The molecule has 3 atom stereocenters. The highest BCUT2D eigenvalue weighted by atomic mass is 16.5. The van der Waals surface area contributed by atoms with Crippen LogP contribution < -0.4 is 5.32 Å². The van der Waals surface area contributed by atoms with Crippen molar-refractivity contribution in [3.05, 3.63) is 71.8 Å². The van der Waals surface area contributed by atoms with Crippen LogP contribution in [0.15, 0.2) is 60.7 Å². The van der Waals surface area contributed by atoms with Gasteiger partial charge in [-0.05, 0) is 43.7 Å². The third-order valence-corrected chi connectivity index (χ3v) is 5.99. The summed E-state index contributed by atoms with van der Waals surface area (Å²) in [6.45, 7) is 1.97. The smallest absolute Gasteiger partial charge is 0.323 e. The number of nitrogens with one attached hydrogen (secondary N) is 1. The SMILES string of the molecule is CCOC(=O)[C@H](CCc1ccccc1)NC1CCC(c2ccccc2)CN(CC(=O)O)C1=O. The summed E-state index contributed by atoms with van der Waals surface area (Å²) in [5.41, 5.74) is 2.17. The Hall–Kier alpha value is -3.19. The van der Waals surface area contributed by atoms with Gasteiger partial charge in [0.05, 0.1) is 12.6 Å². The molecule has 0 spiro atoms. The molecule has 1 amide bonds. The first-order valence-electron chi connectivity index (χ1n) is 11.5. The number of carbonyl (C=O) groups excluding carboxylic acids is 2. The molecule has 1 aliphatic rings. The van der Waals surface area contributed by atoms with E-state index < -0.39 is 24.0 Å². The van der Waals surface area contributed by atoms with E-state index in [-0.39, 0.29) is 25.0 Å². The number of carboxylic acid groups (broad SMARTS) is 1. The Morgan fingerprint density at radius 3 is 2.39 bits per heavy atom. The van der Waals surface area contributed by atoms with Crippen LogP contribution in [0.4, 0.5) is 0 Å². The molecule has 1 heterocycles. The molecule has 3 rings (SSSR count). The topological polar surface area (TPSA) is 95.9 Å². The van der Waals surface area contributed by atoms with Gasteiger partial charge in [-0.3, -0.25) is 19.7 Å². The highest BCUT2D eigenvalue weighted by molar-refractivity contribution is 5.86. The average Bonchev–Trinajstić information content (AvgIpc) is 2.96. The Balaban J connectivity index is 1.77. The largest absolute Gasteiger partial charge is 0.480 e. The fraction of sp³-hybridized carbons (Fsp3) is 0.423. The van der Waals surface area contributed by atoms with Crippen molar-refractivity contribution >= 4 is 17.8 Å². The highest BCUT2D eigenvalue weighted by Gasteiger charge is 2.35. The van der Waals surface area contributed by atoms with Crippen LogP contribution in [0.5, 0.6) is 0 Å². The summed E-state index contributed by atoms with van der Waals surface area (Å²) in [7, 11) is 0. The van der Waals surface area contributed by atoms with Crippen molar-refractivity contribution in [2.45, 2.75) is 50.6 Å². The number of benzene rings is 2. The lowest BCUT2D eigenvalue weighted by molar-refractivity contribution is -0.148. The van der Waals surface area contributed by atoms with Crippen molar-refractivity contribution < 1.29 is 24.2 Å². The minimum absolute atomic E-state index is 0.0339. The monoisotopic (exact) mass is 452 g/mol. The Kier molecular flexibility index (Phi) is 9.01. The first-order chi connectivity index (χ1) is 16.0. The second-order valence-corrected chi connectivity index (χ2v) is 8.35. The number of esters is 1. The van der Waals surface area contributed by atoms with Crippen LogP contribution in [0.1, 0.15) is 43.2 Å². The maximum Gasteiger partial charge on any atom is 0.323 e. The number of aryl methyl sites for hydroxylation is 1. The lowest BCUT2D eigenvalue weighted by Gasteiger charge is -2.27. The highest BCUT2D eigenvalue weighted by Crippen LogP contribution is 2.27. The summed E-state index contributed by atoms with van der Waals surface area (Å²) in [6, 6.07) is 18.4. The standard InChI is InChI=1S/C26H32N2O5/c1-2-33-26(32)23(15-13-19-9-5-3-6-10-19)27-22-16-14-21(20-11-7-4-8-12-20)17-28(25(22)31)18-24(29)30/h3-12,21-23,27H,2,13-18H2,1H3,(H,29,30)/t21?,22?,23-/m0/s1. The molecule has 0 radical (unpaired) electrons. The molecule has 33 heavy (non-hydrogen) atoms. The lowest BCUT2D eigenvalue weighted by atomic mass is 9.93. The Labute approximate surface area is 194 Å². The molecule has 2 aromatic carbocycles. The molecule has 1 aliphatic heterocycles. The Morgan fingerprint density at radius 2 is 1.76 bits per heavy atom. The summed E-state index contributed by atoms with van der Waals surface area (Å²) >= 11 is 0. The molecule has 0 bridgehead atoms. The van der Waals surface area contributed by atoms with E-state index in [1.165, 1.54) is 4.90 Å². The molecule has 2 unspecified atom stereocenters. The molecule has 2 aromatic rings. The van der Waals surface area contributed by atoms with Crippen molar-refractivity contribution in [3.63, 3.8) is 0 Å². The number of nitrogens with zero attached hydrogens (tertiary/aromatic N) is 1. The van der Waals surface area contributed by atoms with Gasteiger partial charge in [0.1, 0.15) is 12.6 Å². The van der Waals surface area contributed by atoms with Gasteiger partial charge in [0, 0.05) is 12.5 Å². The maximum atomic E-state index is 13.3. The number of carboxylic acids is 1. The normalized spacial score (nSPS) is 19.5. The third-order valence-electron chi connectivity index (χ3n) is 5.99. The number of carbonyl (C=O) groups is 3. The fourth-order valence-corrected chi connectivity index (χ4v) is 4.33. The van der Waals surface area contributed by atoms with Gasteiger partial charge < -0.3 is 14.7 Å². The van der Waals surface area contributed by atoms with Crippen molar-refractivity contribution in [2.24, 2.45) is 0 Å².